The molecule has 1 aliphatic rings. The molecule has 0 unspecified atom stereocenters. The Labute approximate surface area is 179 Å². The predicted octanol–water partition coefficient (Wildman–Crippen LogP) is 1.59. The van der Waals surface area contributed by atoms with Crippen molar-refractivity contribution in [2.45, 2.75) is 44.9 Å². The molecule has 0 aliphatic heterocycles. The Morgan fingerprint density at radius 3 is 2.74 bits per heavy atom. The number of aliphatic hydroxyl groups is 1. The summed E-state index contributed by atoms with van der Waals surface area (Å²) in [6.07, 6.45) is 7.55. The van der Waals surface area contributed by atoms with Gasteiger partial charge in [-0.1, -0.05) is 0 Å². The highest BCUT2D eigenvalue weighted by molar-refractivity contribution is 6.00. The molecule has 3 aromatic rings. The minimum absolute atomic E-state index is 0.149. The number of nitrogens with zero attached hydrogens (tertiary/aromatic N) is 4. The van der Waals surface area contributed by atoms with Crippen LogP contribution in [0.2, 0.25) is 0 Å². The van der Waals surface area contributed by atoms with E-state index in [0.717, 1.165) is 17.5 Å². The molecule has 4 rings (SSSR count). The summed E-state index contributed by atoms with van der Waals surface area (Å²) in [5.41, 5.74) is 15.0. The molecule has 31 heavy (non-hydrogen) atoms. The maximum absolute atomic E-state index is 12.8. The molecule has 2 atom stereocenters. The number of nitrogen functional groups attached to an aromatic ring is 1. The summed E-state index contributed by atoms with van der Waals surface area (Å²) in [6.45, 7) is 4.08. The maximum atomic E-state index is 12.8. The lowest BCUT2D eigenvalue weighted by molar-refractivity contribution is 0.0448. The number of aliphatic hydroxyl groups excluding tert-OH is 1. The van der Waals surface area contributed by atoms with Gasteiger partial charge < -0.3 is 31.8 Å². The van der Waals surface area contributed by atoms with E-state index < -0.39 is 6.10 Å². The van der Waals surface area contributed by atoms with Crippen molar-refractivity contribution in [3.05, 3.63) is 35.8 Å². The Balaban J connectivity index is 1.84. The fraction of sp³-hybridized carbons (Fsp3) is 0.381. The van der Waals surface area contributed by atoms with Gasteiger partial charge in [0, 0.05) is 36.5 Å². The number of nitrogens with two attached hydrogens (primary N) is 2. The van der Waals surface area contributed by atoms with Crippen LogP contribution >= 0.6 is 0 Å². The molecule has 3 heterocycles. The third-order valence-electron chi connectivity index (χ3n) is 5.73. The van der Waals surface area contributed by atoms with E-state index in [1.165, 1.54) is 12.4 Å². The van der Waals surface area contributed by atoms with Crippen LogP contribution in [0.25, 0.3) is 23.0 Å². The van der Waals surface area contributed by atoms with Gasteiger partial charge in [-0.2, -0.15) is 9.61 Å². The Morgan fingerprint density at radius 2 is 2.16 bits per heavy atom. The van der Waals surface area contributed by atoms with E-state index in [1.54, 1.807) is 17.6 Å². The van der Waals surface area contributed by atoms with Crippen molar-refractivity contribution in [1.82, 2.24) is 24.5 Å². The standard InChI is InChI=1S/C21H28N8O2/c1-11(2)28-10-14(12(6-7-22)19(28)23)16-8-18(24-3)29-20(26-16)13(9-25-29)21(31)27-15-4-5-17(15)30/h6-11,15,17,24,30H,4-5,22-23H2,1-3H3,(H,27,31)/b7-6-/t15-,17+/m0/s1. The Bertz CT molecular complexity index is 1160. The van der Waals surface area contributed by atoms with Gasteiger partial charge in [0.05, 0.1) is 24.0 Å². The number of rotatable bonds is 6. The highest BCUT2D eigenvalue weighted by Crippen LogP contribution is 2.34. The fourth-order valence-corrected chi connectivity index (χ4v) is 3.79. The van der Waals surface area contributed by atoms with Gasteiger partial charge in [0.15, 0.2) is 5.65 Å². The number of aromatic nitrogens is 4. The summed E-state index contributed by atoms with van der Waals surface area (Å²) in [4.78, 5) is 17.6. The van der Waals surface area contributed by atoms with Crippen molar-refractivity contribution in [2.75, 3.05) is 18.1 Å². The fourth-order valence-electron chi connectivity index (χ4n) is 3.79. The average Bonchev–Trinajstić information content (AvgIpc) is 3.32. The lowest BCUT2D eigenvalue weighted by Crippen LogP contribution is -2.50. The molecule has 1 amide bonds. The molecule has 0 aromatic carbocycles. The molecule has 164 valence electrons. The molecule has 1 aliphatic carbocycles. The lowest BCUT2D eigenvalue weighted by atomic mass is 9.89. The van der Waals surface area contributed by atoms with Crippen molar-refractivity contribution in [3.63, 3.8) is 0 Å². The second-order valence-corrected chi connectivity index (χ2v) is 8.00. The van der Waals surface area contributed by atoms with E-state index >= 15 is 0 Å². The highest BCUT2D eigenvalue weighted by atomic mass is 16.3. The van der Waals surface area contributed by atoms with Crippen molar-refractivity contribution >= 4 is 29.3 Å². The van der Waals surface area contributed by atoms with Crippen LogP contribution in [0, 0.1) is 0 Å². The van der Waals surface area contributed by atoms with Gasteiger partial charge >= 0.3 is 0 Å². The van der Waals surface area contributed by atoms with Gasteiger partial charge in [-0.25, -0.2) is 4.98 Å². The number of nitrogens with one attached hydrogen (secondary N) is 2. The van der Waals surface area contributed by atoms with Gasteiger partial charge in [-0.15, -0.1) is 0 Å². The first-order valence-electron chi connectivity index (χ1n) is 10.3. The summed E-state index contributed by atoms with van der Waals surface area (Å²) in [7, 11) is 1.78. The molecule has 0 bridgehead atoms. The Morgan fingerprint density at radius 1 is 1.39 bits per heavy atom. The van der Waals surface area contributed by atoms with Crippen LogP contribution in [0.3, 0.4) is 0 Å². The predicted molar refractivity (Wildman–Crippen MR) is 120 cm³/mol. The minimum Gasteiger partial charge on any atom is -0.405 e. The first-order valence-corrected chi connectivity index (χ1v) is 10.3. The minimum atomic E-state index is -0.508. The average molecular weight is 425 g/mol. The zero-order chi connectivity index (χ0) is 22.3. The van der Waals surface area contributed by atoms with Crippen molar-refractivity contribution in [3.8, 4) is 11.3 Å². The van der Waals surface area contributed by atoms with Crippen molar-refractivity contribution < 1.29 is 9.90 Å². The number of anilines is 2. The lowest BCUT2D eigenvalue weighted by Gasteiger charge is -2.32. The number of amides is 1. The Kier molecular flexibility index (Phi) is 5.32. The Hall–Kier alpha value is -3.53. The van der Waals surface area contributed by atoms with E-state index in [-0.39, 0.29) is 18.0 Å². The first kappa shape index (κ1) is 20.7. The zero-order valence-electron chi connectivity index (χ0n) is 17.8. The van der Waals surface area contributed by atoms with E-state index in [4.69, 9.17) is 16.5 Å². The van der Waals surface area contributed by atoms with E-state index in [2.05, 4.69) is 15.7 Å². The molecule has 1 fully saturated rings. The SMILES string of the molecule is CNc1cc(-c2cn(C(C)C)c(N)c2/C=C\N)nc2c(C(=O)N[C@H]3CC[C@H]3O)cnn12. The maximum Gasteiger partial charge on any atom is 0.257 e. The van der Waals surface area contributed by atoms with Crippen LogP contribution in [0.4, 0.5) is 11.6 Å². The summed E-state index contributed by atoms with van der Waals surface area (Å²) in [5.74, 6) is 0.942. The van der Waals surface area contributed by atoms with Crippen LogP contribution < -0.4 is 22.1 Å². The van der Waals surface area contributed by atoms with Crippen molar-refractivity contribution in [1.29, 1.82) is 0 Å². The first-order chi connectivity index (χ1) is 14.8. The second-order valence-electron chi connectivity index (χ2n) is 8.00. The van der Waals surface area contributed by atoms with Crippen LogP contribution in [0.15, 0.2) is 24.7 Å². The summed E-state index contributed by atoms with van der Waals surface area (Å²) >= 11 is 0. The molecular formula is C21H28N8O2. The molecular weight excluding hydrogens is 396 g/mol. The normalized spacial score (nSPS) is 18.6. The van der Waals surface area contributed by atoms with Crippen molar-refractivity contribution in [2.24, 2.45) is 5.73 Å². The molecule has 10 heteroatoms. The van der Waals surface area contributed by atoms with Crippen LogP contribution in [0.5, 0.6) is 0 Å². The highest BCUT2D eigenvalue weighted by Gasteiger charge is 2.31. The van der Waals surface area contributed by atoms with Crippen LogP contribution in [-0.2, 0) is 0 Å². The van der Waals surface area contributed by atoms with Gasteiger partial charge in [0.2, 0.25) is 0 Å². The third kappa shape index (κ3) is 3.48. The van der Waals surface area contributed by atoms with E-state index in [0.29, 0.717) is 35.0 Å². The third-order valence-corrected chi connectivity index (χ3v) is 5.73. The summed E-state index contributed by atoms with van der Waals surface area (Å²) in [5, 5.41) is 20.1. The van der Waals surface area contributed by atoms with Crippen LogP contribution in [0.1, 0.15) is 48.7 Å². The van der Waals surface area contributed by atoms with E-state index in [1.807, 2.05) is 30.7 Å². The number of fused-ring (bicyclic) bond motifs is 1. The topological polar surface area (TPSA) is 149 Å². The molecule has 0 saturated heterocycles. The van der Waals surface area contributed by atoms with Crippen LogP contribution in [-0.4, -0.2) is 49.4 Å². The molecule has 0 spiro atoms. The number of hydrogen-bond acceptors (Lipinski definition) is 7. The largest absolute Gasteiger partial charge is 0.405 e. The smallest absolute Gasteiger partial charge is 0.257 e. The zero-order valence-corrected chi connectivity index (χ0v) is 17.8. The van der Waals surface area contributed by atoms with E-state index in [9.17, 15) is 9.90 Å². The van der Waals surface area contributed by atoms with Gasteiger partial charge in [-0.3, -0.25) is 4.79 Å². The summed E-state index contributed by atoms with van der Waals surface area (Å²) < 4.78 is 3.54. The monoisotopic (exact) mass is 424 g/mol. The quantitative estimate of drug-likeness (QED) is 0.403. The van der Waals surface area contributed by atoms with Gasteiger partial charge in [-0.05, 0) is 39.0 Å². The van der Waals surface area contributed by atoms with Gasteiger partial charge in [0.1, 0.15) is 17.2 Å². The molecule has 0 radical (unpaired) electrons. The number of carbonyl (C=O) groups excluding carboxylic acids is 1. The second kappa shape index (κ2) is 7.95. The molecule has 10 nitrogen and oxygen atoms in total. The molecule has 7 N–H and O–H groups in total. The summed E-state index contributed by atoms with van der Waals surface area (Å²) in [6, 6.07) is 1.76. The number of carbonyl (C=O) groups is 1. The molecule has 3 aromatic heterocycles. The van der Waals surface area contributed by atoms with Gasteiger partial charge in [0.25, 0.3) is 5.91 Å². The number of hydrogen-bond donors (Lipinski definition) is 5. The molecule has 1 saturated carbocycles.